The minimum Gasteiger partial charge on any atom is -0.390 e. The monoisotopic (exact) mass is 217 g/mol. The van der Waals surface area contributed by atoms with Crippen LogP contribution in [0.4, 0.5) is 5.00 Å². The smallest absolute Gasteiger partial charge is 0.0938 e. The van der Waals surface area contributed by atoms with Gasteiger partial charge in [-0.25, -0.2) is 0 Å². The van der Waals surface area contributed by atoms with E-state index >= 15 is 0 Å². The Hall–Kier alpha value is -1.28. The number of benzene rings is 1. The molecule has 1 heterocycles. The summed E-state index contributed by atoms with van der Waals surface area (Å²) in [5.74, 6) is 0. The van der Waals surface area contributed by atoms with Crippen molar-refractivity contribution in [3.05, 3.63) is 40.8 Å². The molecular weight excluding hydrogens is 202 g/mol. The molecular formula is C13H15NS. The summed E-state index contributed by atoms with van der Waals surface area (Å²) in [5.41, 5.74) is 9.71. The SMILES string of the molecule is CCc1ccc(-c2cc(C)sc2N)cc1. The summed E-state index contributed by atoms with van der Waals surface area (Å²) in [4.78, 5) is 1.27. The van der Waals surface area contributed by atoms with Crippen LogP contribution in [-0.4, -0.2) is 0 Å². The lowest BCUT2D eigenvalue weighted by molar-refractivity contribution is 1.14. The second-order valence-corrected chi connectivity index (χ2v) is 4.97. The van der Waals surface area contributed by atoms with E-state index in [4.69, 9.17) is 5.73 Å². The number of nitrogens with two attached hydrogens (primary N) is 1. The third-order valence-electron chi connectivity index (χ3n) is 2.56. The van der Waals surface area contributed by atoms with Gasteiger partial charge in [0.05, 0.1) is 5.00 Å². The molecule has 0 radical (unpaired) electrons. The molecule has 0 fully saturated rings. The number of thiophene rings is 1. The van der Waals surface area contributed by atoms with Gasteiger partial charge in [-0.2, -0.15) is 0 Å². The van der Waals surface area contributed by atoms with Crippen LogP contribution in [0.2, 0.25) is 0 Å². The van der Waals surface area contributed by atoms with E-state index in [1.807, 2.05) is 0 Å². The quantitative estimate of drug-likeness (QED) is 0.812. The van der Waals surface area contributed by atoms with Crippen LogP contribution in [0.15, 0.2) is 30.3 Å². The maximum atomic E-state index is 5.96. The van der Waals surface area contributed by atoms with Crippen molar-refractivity contribution >= 4 is 16.3 Å². The third kappa shape index (κ3) is 2.05. The highest BCUT2D eigenvalue weighted by Gasteiger charge is 2.05. The number of nitrogen functional groups attached to an aromatic ring is 1. The first kappa shape index (κ1) is 10.2. The lowest BCUT2D eigenvalue weighted by atomic mass is 10.0. The van der Waals surface area contributed by atoms with Crippen molar-refractivity contribution in [3.63, 3.8) is 0 Å². The van der Waals surface area contributed by atoms with Gasteiger partial charge in [-0.15, -0.1) is 11.3 Å². The molecule has 0 atom stereocenters. The maximum absolute atomic E-state index is 5.96. The minimum atomic E-state index is 0.914. The van der Waals surface area contributed by atoms with Crippen molar-refractivity contribution in [1.82, 2.24) is 0 Å². The Bertz CT molecular complexity index is 454. The van der Waals surface area contributed by atoms with E-state index in [0.717, 1.165) is 11.4 Å². The first-order chi connectivity index (χ1) is 7.20. The molecule has 1 aromatic heterocycles. The average molecular weight is 217 g/mol. The molecule has 0 unspecified atom stereocenters. The van der Waals surface area contributed by atoms with Crippen molar-refractivity contribution in [2.75, 3.05) is 5.73 Å². The summed E-state index contributed by atoms with van der Waals surface area (Å²) in [7, 11) is 0. The van der Waals surface area contributed by atoms with Crippen LogP contribution >= 0.6 is 11.3 Å². The molecule has 0 aliphatic heterocycles. The lowest BCUT2D eigenvalue weighted by Gasteiger charge is -2.01. The molecule has 2 aromatic rings. The fourth-order valence-electron chi connectivity index (χ4n) is 1.68. The molecule has 1 aromatic carbocycles. The topological polar surface area (TPSA) is 26.0 Å². The highest BCUT2D eigenvalue weighted by atomic mass is 32.1. The average Bonchev–Trinajstić information content (AvgIpc) is 2.58. The molecule has 0 amide bonds. The van der Waals surface area contributed by atoms with Crippen molar-refractivity contribution < 1.29 is 0 Å². The van der Waals surface area contributed by atoms with Crippen LogP contribution in [0, 0.1) is 6.92 Å². The number of hydrogen-bond donors (Lipinski definition) is 1. The zero-order valence-electron chi connectivity index (χ0n) is 9.08. The van der Waals surface area contributed by atoms with Crippen molar-refractivity contribution in [3.8, 4) is 11.1 Å². The fourth-order valence-corrected chi connectivity index (χ4v) is 2.49. The fraction of sp³-hybridized carbons (Fsp3) is 0.231. The summed E-state index contributed by atoms with van der Waals surface area (Å²) in [5, 5.41) is 0.914. The molecule has 0 aliphatic rings. The molecule has 0 aliphatic carbocycles. The summed E-state index contributed by atoms with van der Waals surface area (Å²) in [6.07, 6.45) is 1.08. The Labute approximate surface area is 94.6 Å². The van der Waals surface area contributed by atoms with Gasteiger partial charge in [-0.05, 0) is 30.5 Å². The summed E-state index contributed by atoms with van der Waals surface area (Å²) < 4.78 is 0. The maximum Gasteiger partial charge on any atom is 0.0938 e. The van der Waals surface area contributed by atoms with Gasteiger partial charge in [-0.1, -0.05) is 31.2 Å². The van der Waals surface area contributed by atoms with Crippen LogP contribution in [0.25, 0.3) is 11.1 Å². The van der Waals surface area contributed by atoms with Crippen LogP contribution in [0.3, 0.4) is 0 Å². The Balaban J connectivity index is 2.41. The highest BCUT2D eigenvalue weighted by molar-refractivity contribution is 7.16. The van der Waals surface area contributed by atoms with Gasteiger partial charge in [0.15, 0.2) is 0 Å². The molecule has 0 saturated carbocycles. The van der Waals surface area contributed by atoms with E-state index in [2.05, 4.69) is 44.2 Å². The van der Waals surface area contributed by atoms with E-state index < -0.39 is 0 Å². The van der Waals surface area contributed by atoms with Gasteiger partial charge < -0.3 is 5.73 Å². The lowest BCUT2D eigenvalue weighted by Crippen LogP contribution is -1.84. The molecule has 2 N–H and O–H groups in total. The van der Waals surface area contributed by atoms with Gasteiger partial charge in [0, 0.05) is 10.4 Å². The molecule has 2 heteroatoms. The molecule has 0 bridgehead atoms. The van der Waals surface area contributed by atoms with E-state index in [0.29, 0.717) is 0 Å². The Morgan fingerprint density at radius 1 is 1.20 bits per heavy atom. The van der Waals surface area contributed by atoms with E-state index in [1.165, 1.54) is 21.6 Å². The molecule has 2 rings (SSSR count). The van der Waals surface area contributed by atoms with Crippen LogP contribution < -0.4 is 5.73 Å². The zero-order valence-corrected chi connectivity index (χ0v) is 9.90. The third-order valence-corrected chi connectivity index (χ3v) is 3.44. The van der Waals surface area contributed by atoms with E-state index in [1.54, 1.807) is 11.3 Å². The first-order valence-electron chi connectivity index (χ1n) is 5.16. The normalized spacial score (nSPS) is 10.5. The highest BCUT2D eigenvalue weighted by Crippen LogP contribution is 2.33. The predicted octanol–water partition coefficient (Wildman–Crippen LogP) is 3.87. The number of hydrogen-bond acceptors (Lipinski definition) is 2. The molecule has 0 spiro atoms. The number of anilines is 1. The largest absolute Gasteiger partial charge is 0.390 e. The van der Waals surface area contributed by atoms with Crippen molar-refractivity contribution in [2.24, 2.45) is 0 Å². The Morgan fingerprint density at radius 2 is 1.87 bits per heavy atom. The summed E-state index contributed by atoms with van der Waals surface area (Å²) >= 11 is 1.65. The number of rotatable bonds is 2. The molecule has 15 heavy (non-hydrogen) atoms. The van der Waals surface area contributed by atoms with Gasteiger partial charge in [-0.3, -0.25) is 0 Å². The second kappa shape index (κ2) is 4.07. The zero-order chi connectivity index (χ0) is 10.8. The molecule has 78 valence electrons. The first-order valence-corrected chi connectivity index (χ1v) is 5.97. The van der Waals surface area contributed by atoms with Crippen LogP contribution in [0.5, 0.6) is 0 Å². The van der Waals surface area contributed by atoms with Gasteiger partial charge in [0.2, 0.25) is 0 Å². The van der Waals surface area contributed by atoms with Gasteiger partial charge >= 0.3 is 0 Å². The van der Waals surface area contributed by atoms with Crippen molar-refractivity contribution in [1.29, 1.82) is 0 Å². The summed E-state index contributed by atoms with van der Waals surface area (Å²) in [6.45, 7) is 4.25. The van der Waals surface area contributed by atoms with Gasteiger partial charge in [0.25, 0.3) is 0 Å². The Morgan fingerprint density at radius 3 is 2.33 bits per heavy atom. The van der Waals surface area contributed by atoms with Crippen LogP contribution in [0.1, 0.15) is 17.4 Å². The van der Waals surface area contributed by atoms with E-state index in [-0.39, 0.29) is 0 Å². The second-order valence-electron chi connectivity index (χ2n) is 3.69. The minimum absolute atomic E-state index is 0.914. The number of aryl methyl sites for hydroxylation is 2. The van der Waals surface area contributed by atoms with E-state index in [9.17, 15) is 0 Å². The Kier molecular flexibility index (Phi) is 2.78. The van der Waals surface area contributed by atoms with Gasteiger partial charge in [0.1, 0.15) is 0 Å². The predicted molar refractivity (Wildman–Crippen MR) is 68.3 cm³/mol. The summed E-state index contributed by atoms with van der Waals surface area (Å²) in [6, 6.07) is 10.8. The molecule has 1 nitrogen and oxygen atoms in total. The van der Waals surface area contributed by atoms with Crippen molar-refractivity contribution in [2.45, 2.75) is 20.3 Å². The molecule has 0 saturated heterocycles. The standard InChI is InChI=1S/C13H15NS/c1-3-10-4-6-11(7-5-10)12-8-9(2)15-13(12)14/h4-8H,3,14H2,1-2H3. The van der Waals surface area contributed by atoms with Crippen LogP contribution in [-0.2, 0) is 6.42 Å².